The Morgan fingerprint density at radius 1 is 1.53 bits per heavy atom. The van der Waals surface area contributed by atoms with Gasteiger partial charge in [-0.2, -0.15) is 0 Å². The molecule has 0 aromatic heterocycles. The molecule has 2 atom stereocenters. The van der Waals surface area contributed by atoms with Crippen LogP contribution in [0.4, 0.5) is 0 Å². The van der Waals surface area contributed by atoms with Crippen LogP contribution in [0.1, 0.15) is 31.4 Å². The highest BCUT2D eigenvalue weighted by Gasteiger charge is 2.40. The highest BCUT2D eigenvalue weighted by molar-refractivity contribution is 9.10. The van der Waals surface area contributed by atoms with Gasteiger partial charge in [0.15, 0.2) is 0 Å². The number of nitrogens with one attached hydrogen (secondary N) is 1. The Morgan fingerprint density at radius 3 is 2.79 bits per heavy atom. The number of hydrogen-bond acceptors (Lipinski definition) is 3. The number of likely N-dealkylation sites (N-methyl/N-ethyl adjacent to an activating group) is 1. The van der Waals surface area contributed by atoms with E-state index in [0.29, 0.717) is 5.02 Å². The van der Waals surface area contributed by atoms with E-state index < -0.39 is 0 Å². The summed E-state index contributed by atoms with van der Waals surface area (Å²) in [6, 6.07) is 3.83. The second-order valence-electron chi connectivity index (χ2n) is 5.00. The Hall–Kier alpha value is -0.290. The monoisotopic (exact) mass is 347 g/mol. The fraction of sp³-hybridized carbons (Fsp3) is 0.571. The minimum atomic E-state index is -0.230. The van der Waals surface area contributed by atoms with Crippen LogP contribution in [0.3, 0.4) is 0 Å². The molecule has 0 bridgehead atoms. The van der Waals surface area contributed by atoms with Crippen LogP contribution in [0.25, 0.3) is 0 Å². The SMILES string of the molecule is CNC(c1cc(Cl)cc(Br)c1OC)C1(C)CCCO1. The molecular weight excluding hydrogens is 330 g/mol. The van der Waals surface area contributed by atoms with Crippen molar-refractivity contribution >= 4 is 27.5 Å². The third-order valence-corrected chi connectivity index (χ3v) is 4.51. The molecule has 3 nitrogen and oxygen atoms in total. The summed E-state index contributed by atoms with van der Waals surface area (Å²) in [7, 11) is 3.61. The lowest BCUT2D eigenvalue weighted by molar-refractivity contribution is -0.0110. The third kappa shape index (κ3) is 2.92. The van der Waals surface area contributed by atoms with Crippen molar-refractivity contribution in [2.24, 2.45) is 0 Å². The molecular formula is C14H19BrClNO2. The first kappa shape index (κ1) is 15.1. The van der Waals surface area contributed by atoms with Crippen LogP contribution in [0.2, 0.25) is 5.02 Å². The van der Waals surface area contributed by atoms with Gasteiger partial charge >= 0.3 is 0 Å². The van der Waals surface area contributed by atoms with Crippen LogP contribution in [-0.2, 0) is 4.74 Å². The van der Waals surface area contributed by atoms with Crippen molar-refractivity contribution in [3.05, 3.63) is 27.2 Å². The smallest absolute Gasteiger partial charge is 0.138 e. The van der Waals surface area contributed by atoms with E-state index in [4.69, 9.17) is 21.1 Å². The first-order valence-corrected chi connectivity index (χ1v) is 7.53. The maximum absolute atomic E-state index is 6.18. The summed E-state index contributed by atoms with van der Waals surface area (Å²) < 4.78 is 12.3. The Labute approximate surface area is 127 Å². The summed E-state index contributed by atoms with van der Waals surface area (Å²) in [5.74, 6) is 0.806. The summed E-state index contributed by atoms with van der Waals surface area (Å²) in [5.41, 5.74) is 0.792. The maximum Gasteiger partial charge on any atom is 0.138 e. The molecule has 1 saturated heterocycles. The van der Waals surface area contributed by atoms with Gasteiger partial charge < -0.3 is 14.8 Å². The molecule has 1 aromatic rings. The van der Waals surface area contributed by atoms with Crippen molar-refractivity contribution in [1.82, 2.24) is 5.32 Å². The Balaban J connectivity index is 2.48. The summed E-state index contributed by atoms with van der Waals surface area (Å²) in [5, 5.41) is 4.03. The fourth-order valence-electron chi connectivity index (χ4n) is 2.83. The molecule has 0 spiro atoms. The molecule has 0 aliphatic carbocycles. The van der Waals surface area contributed by atoms with Gasteiger partial charge in [0.25, 0.3) is 0 Å². The molecule has 1 aliphatic heterocycles. The number of rotatable bonds is 4. The van der Waals surface area contributed by atoms with Gasteiger partial charge in [0.05, 0.1) is 23.2 Å². The highest BCUT2D eigenvalue weighted by Crippen LogP contribution is 2.43. The van der Waals surface area contributed by atoms with Gasteiger partial charge in [-0.1, -0.05) is 11.6 Å². The average Bonchev–Trinajstić information content (AvgIpc) is 2.77. The molecule has 1 aromatic carbocycles. The molecule has 106 valence electrons. The number of methoxy groups -OCH3 is 1. The lowest BCUT2D eigenvalue weighted by atomic mass is 9.87. The third-order valence-electron chi connectivity index (χ3n) is 3.70. The van der Waals surface area contributed by atoms with Gasteiger partial charge in [0, 0.05) is 17.2 Å². The molecule has 1 heterocycles. The Morgan fingerprint density at radius 2 is 2.26 bits per heavy atom. The van der Waals surface area contributed by atoms with E-state index in [1.54, 1.807) is 7.11 Å². The summed E-state index contributed by atoms with van der Waals surface area (Å²) in [4.78, 5) is 0. The second kappa shape index (κ2) is 6.00. The first-order chi connectivity index (χ1) is 9.01. The molecule has 0 saturated carbocycles. The molecule has 5 heteroatoms. The van der Waals surface area contributed by atoms with Crippen molar-refractivity contribution in [3.8, 4) is 5.75 Å². The van der Waals surface area contributed by atoms with Crippen molar-refractivity contribution in [2.45, 2.75) is 31.4 Å². The van der Waals surface area contributed by atoms with Crippen molar-refractivity contribution < 1.29 is 9.47 Å². The van der Waals surface area contributed by atoms with Crippen LogP contribution in [0.5, 0.6) is 5.75 Å². The first-order valence-electron chi connectivity index (χ1n) is 6.36. The minimum Gasteiger partial charge on any atom is -0.495 e. The van der Waals surface area contributed by atoms with Gasteiger partial charge in [0.1, 0.15) is 5.75 Å². The van der Waals surface area contributed by atoms with Gasteiger partial charge in [-0.05, 0) is 54.9 Å². The minimum absolute atomic E-state index is 0.0416. The molecule has 1 aliphatic rings. The predicted octanol–water partition coefficient (Wildman–Crippen LogP) is 3.94. The average molecular weight is 349 g/mol. The second-order valence-corrected chi connectivity index (χ2v) is 6.29. The standard InChI is InChI=1S/C14H19BrClNO2/c1-14(5-4-6-19-14)13(17-2)10-7-9(16)8-11(15)12(10)18-3/h7-8,13,17H,4-6H2,1-3H3. The van der Waals surface area contributed by atoms with E-state index >= 15 is 0 Å². The van der Waals surface area contributed by atoms with E-state index in [2.05, 4.69) is 28.2 Å². The van der Waals surface area contributed by atoms with E-state index in [0.717, 1.165) is 35.2 Å². The molecule has 2 unspecified atom stereocenters. The van der Waals surface area contributed by atoms with Crippen LogP contribution in [0.15, 0.2) is 16.6 Å². The van der Waals surface area contributed by atoms with Crippen molar-refractivity contribution in [3.63, 3.8) is 0 Å². The largest absolute Gasteiger partial charge is 0.495 e. The quantitative estimate of drug-likeness (QED) is 0.894. The van der Waals surface area contributed by atoms with Gasteiger partial charge in [-0.3, -0.25) is 0 Å². The Bertz CT molecular complexity index is 461. The Kier molecular flexibility index (Phi) is 4.77. The van der Waals surface area contributed by atoms with Gasteiger partial charge in [-0.15, -0.1) is 0 Å². The topological polar surface area (TPSA) is 30.5 Å². The number of benzene rings is 1. The normalized spacial score (nSPS) is 24.5. The molecule has 2 rings (SSSR count). The highest BCUT2D eigenvalue weighted by atomic mass is 79.9. The van der Waals surface area contributed by atoms with Crippen LogP contribution < -0.4 is 10.1 Å². The van der Waals surface area contributed by atoms with E-state index in [-0.39, 0.29) is 11.6 Å². The number of hydrogen-bond donors (Lipinski definition) is 1. The van der Waals surface area contributed by atoms with Crippen molar-refractivity contribution in [1.29, 1.82) is 0 Å². The van der Waals surface area contributed by atoms with Gasteiger partial charge in [0.2, 0.25) is 0 Å². The molecule has 19 heavy (non-hydrogen) atoms. The molecule has 1 fully saturated rings. The zero-order chi connectivity index (χ0) is 14.0. The molecule has 0 radical (unpaired) electrons. The van der Waals surface area contributed by atoms with E-state index in [1.807, 2.05) is 19.2 Å². The zero-order valence-corrected chi connectivity index (χ0v) is 13.8. The lowest BCUT2D eigenvalue weighted by Gasteiger charge is -2.34. The van der Waals surface area contributed by atoms with E-state index in [1.165, 1.54) is 0 Å². The van der Waals surface area contributed by atoms with Crippen molar-refractivity contribution in [2.75, 3.05) is 20.8 Å². The van der Waals surface area contributed by atoms with Crippen LogP contribution in [-0.4, -0.2) is 26.4 Å². The summed E-state index contributed by atoms with van der Waals surface area (Å²) in [6.45, 7) is 2.94. The fourth-order valence-corrected chi connectivity index (χ4v) is 3.82. The number of halogens is 2. The van der Waals surface area contributed by atoms with Gasteiger partial charge in [-0.25, -0.2) is 0 Å². The molecule has 1 N–H and O–H groups in total. The summed E-state index contributed by atoms with van der Waals surface area (Å²) in [6.07, 6.45) is 2.10. The lowest BCUT2D eigenvalue weighted by Crippen LogP contribution is -2.39. The van der Waals surface area contributed by atoms with E-state index in [9.17, 15) is 0 Å². The molecule has 0 amide bonds. The maximum atomic E-state index is 6.18. The number of ether oxygens (including phenoxy) is 2. The zero-order valence-electron chi connectivity index (χ0n) is 11.4. The van der Waals surface area contributed by atoms with Crippen LogP contribution in [0, 0.1) is 0 Å². The predicted molar refractivity (Wildman–Crippen MR) is 81.1 cm³/mol. The van der Waals surface area contributed by atoms with Crippen LogP contribution >= 0.6 is 27.5 Å². The summed E-state index contributed by atoms with van der Waals surface area (Å²) >= 11 is 9.68.